The number of ether oxygens (including phenoxy) is 3. The van der Waals surface area contributed by atoms with E-state index in [1.165, 1.54) is 54.6 Å². The largest absolute Gasteiger partial charge is 0.508 e. The van der Waals surface area contributed by atoms with Gasteiger partial charge in [0.1, 0.15) is 46.2 Å². The molecule has 0 bridgehead atoms. The zero-order chi connectivity index (χ0) is 30.8. The van der Waals surface area contributed by atoms with Gasteiger partial charge in [0, 0.05) is 23.8 Å². The van der Waals surface area contributed by atoms with Crippen LogP contribution >= 0.6 is 0 Å². The normalized spacial score (nSPS) is 22.1. The van der Waals surface area contributed by atoms with Gasteiger partial charge < -0.3 is 54.4 Å². The van der Waals surface area contributed by atoms with Crippen LogP contribution in [-0.2, 0) is 14.3 Å². The van der Waals surface area contributed by atoms with Crippen molar-refractivity contribution in [3.63, 3.8) is 0 Å². The SMILES string of the molecule is O=C(/C=C/c1ccc(O)cc1)O[C@H]1[C@H](O)[C@@H](CO)OC(Oc2c(-c3ccc(O)cc3)oc3cc(O)cc(O)c3c2=O)[C@@H]1O. The maximum Gasteiger partial charge on any atom is 0.331 e. The van der Waals surface area contributed by atoms with Crippen molar-refractivity contribution in [2.45, 2.75) is 30.7 Å². The second-order valence-electron chi connectivity index (χ2n) is 9.63. The Morgan fingerprint density at radius 3 is 2.19 bits per heavy atom. The standard InChI is InChI=1S/C30H26O13/c31-13-21-24(37)28(42-22(36)10-3-14-1-6-16(32)7-2-14)26(39)30(41-21)43-29-25(38)23-19(35)11-18(34)12-20(23)40-27(29)15-4-8-17(33)9-5-15/h1-12,21,24,26,28,30-35,37,39H,13H2/b10-3+/t21-,24-,26-,28+,30?/m1/s1. The molecule has 1 aromatic heterocycles. The highest BCUT2D eigenvalue weighted by atomic mass is 16.7. The first-order valence-electron chi connectivity index (χ1n) is 12.8. The van der Waals surface area contributed by atoms with Crippen molar-refractivity contribution in [1.29, 1.82) is 0 Å². The number of phenolic OH excluding ortho intramolecular Hbond substituents is 4. The van der Waals surface area contributed by atoms with Gasteiger partial charge in [-0.2, -0.15) is 0 Å². The third-order valence-corrected chi connectivity index (χ3v) is 6.66. The van der Waals surface area contributed by atoms with Crippen molar-refractivity contribution < 1.29 is 59.2 Å². The summed E-state index contributed by atoms with van der Waals surface area (Å²) in [6, 6.07) is 13.3. The highest BCUT2D eigenvalue weighted by Gasteiger charge is 2.48. The Morgan fingerprint density at radius 1 is 0.884 bits per heavy atom. The average Bonchev–Trinajstić information content (AvgIpc) is 2.97. The number of carbonyl (C=O) groups excluding carboxylic acids is 1. The van der Waals surface area contributed by atoms with Crippen LogP contribution in [0.3, 0.4) is 0 Å². The quantitative estimate of drug-likeness (QED) is 0.120. The third-order valence-electron chi connectivity index (χ3n) is 6.66. The van der Waals surface area contributed by atoms with Gasteiger partial charge in [-0.3, -0.25) is 4.79 Å². The molecular weight excluding hydrogens is 568 g/mol. The summed E-state index contributed by atoms with van der Waals surface area (Å²) in [6.45, 7) is -0.789. The van der Waals surface area contributed by atoms with Gasteiger partial charge in [0.05, 0.1) is 6.61 Å². The molecular formula is C30H26O13. The Bertz CT molecular complexity index is 1710. The summed E-state index contributed by atoms with van der Waals surface area (Å²) in [6.07, 6.45) is -6.15. The van der Waals surface area contributed by atoms with Crippen LogP contribution in [-0.4, -0.2) is 79.0 Å². The van der Waals surface area contributed by atoms with Gasteiger partial charge in [0.15, 0.2) is 18.0 Å². The molecule has 13 nitrogen and oxygen atoms in total. The van der Waals surface area contributed by atoms with E-state index in [9.17, 15) is 45.3 Å². The summed E-state index contributed by atoms with van der Waals surface area (Å²) in [7, 11) is 0. The van der Waals surface area contributed by atoms with E-state index in [0.29, 0.717) is 5.56 Å². The lowest BCUT2D eigenvalue weighted by Crippen LogP contribution is -2.61. The summed E-state index contributed by atoms with van der Waals surface area (Å²) in [5, 5.41) is 70.6. The number of aliphatic hydroxyl groups is 3. The van der Waals surface area contributed by atoms with E-state index in [0.717, 1.165) is 18.2 Å². The first-order valence-corrected chi connectivity index (χ1v) is 12.8. The number of phenols is 4. The molecule has 7 N–H and O–H groups in total. The van der Waals surface area contributed by atoms with E-state index in [-0.39, 0.29) is 33.8 Å². The minimum atomic E-state index is -1.90. The van der Waals surface area contributed by atoms with Gasteiger partial charge in [-0.1, -0.05) is 12.1 Å². The lowest BCUT2D eigenvalue weighted by atomic mass is 9.99. The fraction of sp³-hybridized carbons (Fsp3) is 0.200. The molecule has 0 amide bonds. The molecule has 1 saturated heterocycles. The van der Waals surface area contributed by atoms with E-state index < -0.39 is 66.0 Å². The maximum atomic E-state index is 13.6. The Labute approximate surface area is 242 Å². The molecule has 0 aliphatic carbocycles. The molecule has 2 heterocycles. The molecule has 0 spiro atoms. The molecule has 224 valence electrons. The monoisotopic (exact) mass is 594 g/mol. The smallest absolute Gasteiger partial charge is 0.331 e. The second-order valence-corrected chi connectivity index (χ2v) is 9.63. The molecule has 3 aromatic carbocycles. The van der Waals surface area contributed by atoms with Crippen molar-refractivity contribution >= 4 is 23.0 Å². The molecule has 4 aromatic rings. The van der Waals surface area contributed by atoms with E-state index in [1.807, 2.05) is 0 Å². The number of aromatic hydroxyl groups is 4. The Hall–Kier alpha value is -5.08. The Balaban J connectivity index is 1.49. The zero-order valence-corrected chi connectivity index (χ0v) is 22.1. The number of rotatable bonds is 7. The predicted octanol–water partition coefficient (Wildman–Crippen LogP) is 1.73. The van der Waals surface area contributed by atoms with E-state index in [2.05, 4.69) is 0 Å². The van der Waals surface area contributed by atoms with Gasteiger partial charge >= 0.3 is 5.97 Å². The van der Waals surface area contributed by atoms with Gasteiger partial charge in [0.2, 0.25) is 17.5 Å². The highest BCUT2D eigenvalue weighted by Crippen LogP contribution is 2.37. The van der Waals surface area contributed by atoms with Crippen molar-refractivity contribution in [3.05, 3.63) is 82.5 Å². The number of hydrogen-bond donors (Lipinski definition) is 7. The van der Waals surface area contributed by atoms with E-state index in [1.54, 1.807) is 0 Å². The fourth-order valence-corrected chi connectivity index (χ4v) is 4.51. The van der Waals surface area contributed by atoms with Crippen molar-refractivity contribution in [2.24, 2.45) is 0 Å². The molecule has 0 radical (unpaired) electrons. The molecule has 1 fully saturated rings. The number of carbonyl (C=O) groups is 1. The molecule has 5 atom stereocenters. The fourth-order valence-electron chi connectivity index (χ4n) is 4.51. The molecule has 1 aliphatic heterocycles. The number of hydrogen-bond acceptors (Lipinski definition) is 13. The van der Waals surface area contributed by atoms with Gasteiger partial charge in [0.25, 0.3) is 0 Å². The van der Waals surface area contributed by atoms with Crippen LogP contribution < -0.4 is 10.2 Å². The number of benzene rings is 3. The van der Waals surface area contributed by atoms with Gasteiger partial charge in [-0.05, 0) is 48.0 Å². The highest BCUT2D eigenvalue weighted by molar-refractivity contribution is 5.88. The molecule has 13 heteroatoms. The van der Waals surface area contributed by atoms with E-state index in [4.69, 9.17) is 18.6 Å². The summed E-state index contributed by atoms with van der Waals surface area (Å²) in [4.78, 5) is 26.2. The Kier molecular flexibility index (Phi) is 8.23. The van der Waals surface area contributed by atoms with Crippen molar-refractivity contribution in [3.8, 4) is 40.1 Å². The van der Waals surface area contributed by atoms with Crippen LogP contribution in [0.15, 0.2) is 76.0 Å². The molecule has 1 unspecified atom stereocenters. The van der Waals surface area contributed by atoms with Crippen LogP contribution in [0, 0.1) is 0 Å². The lowest BCUT2D eigenvalue weighted by Gasteiger charge is -2.41. The number of aliphatic hydroxyl groups excluding tert-OH is 3. The van der Waals surface area contributed by atoms with Crippen LogP contribution in [0.1, 0.15) is 5.56 Å². The lowest BCUT2D eigenvalue weighted by molar-refractivity contribution is -0.280. The first-order chi connectivity index (χ1) is 20.5. The maximum absolute atomic E-state index is 13.6. The van der Waals surface area contributed by atoms with Gasteiger partial charge in [-0.25, -0.2) is 4.79 Å². The summed E-state index contributed by atoms with van der Waals surface area (Å²) in [5.74, 6) is -2.89. The first kappa shape index (κ1) is 29.4. The van der Waals surface area contributed by atoms with Crippen molar-refractivity contribution in [1.82, 2.24) is 0 Å². The van der Waals surface area contributed by atoms with E-state index >= 15 is 0 Å². The predicted molar refractivity (Wildman–Crippen MR) is 148 cm³/mol. The molecule has 1 aliphatic rings. The summed E-state index contributed by atoms with van der Waals surface area (Å²) >= 11 is 0. The van der Waals surface area contributed by atoms with Gasteiger partial charge in [-0.15, -0.1) is 0 Å². The molecule has 43 heavy (non-hydrogen) atoms. The molecule has 0 saturated carbocycles. The number of fused-ring (bicyclic) bond motifs is 1. The number of esters is 1. The zero-order valence-electron chi connectivity index (χ0n) is 22.1. The minimum absolute atomic E-state index is 0.0247. The van der Waals surface area contributed by atoms with Crippen LogP contribution in [0.5, 0.6) is 28.7 Å². The second kappa shape index (κ2) is 12.0. The van der Waals surface area contributed by atoms with Crippen molar-refractivity contribution in [2.75, 3.05) is 6.61 Å². The third kappa shape index (κ3) is 6.10. The van der Waals surface area contributed by atoms with Crippen LogP contribution in [0.25, 0.3) is 28.4 Å². The Morgan fingerprint density at radius 2 is 1.53 bits per heavy atom. The molecule has 5 rings (SSSR count). The summed E-state index contributed by atoms with van der Waals surface area (Å²) in [5.41, 5.74) is -0.395. The van der Waals surface area contributed by atoms with Crippen LogP contribution in [0.2, 0.25) is 0 Å². The van der Waals surface area contributed by atoms with Crippen LogP contribution in [0.4, 0.5) is 0 Å². The topological polar surface area (TPSA) is 217 Å². The average molecular weight is 595 g/mol. The minimum Gasteiger partial charge on any atom is -0.508 e. The summed E-state index contributed by atoms with van der Waals surface area (Å²) < 4.78 is 22.4.